The molecule has 3 aromatic rings. The number of hydrogen-bond donors (Lipinski definition) is 4. The lowest BCUT2D eigenvalue weighted by molar-refractivity contribution is -0.122. The standard InChI is InChI=1S/C25H28BN3O5/c1-17-8-10-18(11-9-17)13-23(26(32)33)29-24(30)15-22(19-5-3-7-21(14-19)34-2)28-25(31)20-6-4-12-27-16-20/h3-12,14,16,22-23,32-33H,13,15H2,1-2H3,(H,28,31)(H,29,30)/t22?,23-/m0/s1. The fourth-order valence-electron chi connectivity index (χ4n) is 3.51. The highest BCUT2D eigenvalue weighted by Crippen LogP contribution is 2.22. The predicted molar refractivity (Wildman–Crippen MR) is 129 cm³/mol. The normalized spacial score (nSPS) is 12.4. The van der Waals surface area contributed by atoms with Gasteiger partial charge in [-0.25, -0.2) is 0 Å². The number of ether oxygens (including phenoxy) is 1. The topological polar surface area (TPSA) is 121 Å². The third kappa shape index (κ3) is 7.16. The lowest BCUT2D eigenvalue weighted by atomic mass is 9.75. The summed E-state index contributed by atoms with van der Waals surface area (Å²) in [6, 6.07) is 17.3. The molecule has 176 valence electrons. The minimum absolute atomic E-state index is 0.115. The molecule has 0 fully saturated rings. The molecule has 3 rings (SSSR count). The van der Waals surface area contributed by atoms with Gasteiger partial charge in [0.05, 0.1) is 31.1 Å². The molecule has 0 aliphatic rings. The number of nitrogens with zero attached hydrogens (tertiary/aromatic N) is 1. The Morgan fingerprint density at radius 1 is 1.06 bits per heavy atom. The molecule has 8 nitrogen and oxygen atoms in total. The first-order chi connectivity index (χ1) is 16.4. The smallest absolute Gasteiger partial charge is 0.475 e. The molecule has 1 heterocycles. The number of hydrogen-bond acceptors (Lipinski definition) is 6. The van der Waals surface area contributed by atoms with Crippen LogP contribution in [0, 0.1) is 6.92 Å². The van der Waals surface area contributed by atoms with E-state index in [0.717, 1.165) is 11.1 Å². The maximum Gasteiger partial charge on any atom is 0.475 e. The van der Waals surface area contributed by atoms with Gasteiger partial charge in [0.2, 0.25) is 5.91 Å². The van der Waals surface area contributed by atoms with E-state index in [2.05, 4.69) is 15.6 Å². The first-order valence-corrected chi connectivity index (χ1v) is 10.9. The van der Waals surface area contributed by atoms with Gasteiger partial charge in [0, 0.05) is 12.4 Å². The Morgan fingerprint density at radius 3 is 2.47 bits per heavy atom. The number of rotatable bonds is 10. The molecule has 4 N–H and O–H groups in total. The quantitative estimate of drug-likeness (QED) is 0.343. The Hall–Kier alpha value is -3.69. The van der Waals surface area contributed by atoms with Crippen LogP contribution in [0.3, 0.4) is 0 Å². The van der Waals surface area contributed by atoms with Crippen LogP contribution in [0.2, 0.25) is 0 Å². The lowest BCUT2D eigenvalue weighted by Crippen LogP contribution is -2.48. The molecule has 0 saturated carbocycles. The summed E-state index contributed by atoms with van der Waals surface area (Å²) >= 11 is 0. The Labute approximate surface area is 199 Å². The number of methoxy groups -OCH3 is 1. The number of amides is 2. The Bertz CT molecular complexity index is 1090. The number of aryl methyl sites for hydroxylation is 1. The maximum atomic E-state index is 12.9. The highest BCUT2D eigenvalue weighted by Gasteiger charge is 2.27. The summed E-state index contributed by atoms with van der Waals surface area (Å²) in [5.74, 6) is -1.15. The maximum absolute atomic E-state index is 12.9. The van der Waals surface area contributed by atoms with Crippen LogP contribution in [0.4, 0.5) is 0 Å². The zero-order valence-electron chi connectivity index (χ0n) is 19.1. The van der Waals surface area contributed by atoms with Crippen molar-refractivity contribution in [3.05, 3.63) is 95.3 Å². The van der Waals surface area contributed by atoms with Gasteiger partial charge in [0.25, 0.3) is 5.91 Å². The molecule has 2 atom stereocenters. The van der Waals surface area contributed by atoms with Crippen molar-refractivity contribution < 1.29 is 24.4 Å². The number of carbonyl (C=O) groups excluding carboxylic acids is 2. The van der Waals surface area contributed by atoms with Gasteiger partial charge in [-0.3, -0.25) is 14.6 Å². The van der Waals surface area contributed by atoms with Crippen molar-refractivity contribution in [1.82, 2.24) is 15.6 Å². The van der Waals surface area contributed by atoms with Crippen molar-refractivity contribution in [3.63, 3.8) is 0 Å². The molecule has 2 aromatic carbocycles. The molecule has 0 radical (unpaired) electrons. The highest BCUT2D eigenvalue weighted by atomic mass is 16.5. The van der Waals surface area contributed by atoms with Gasteiger partial charge >= 0.3 is 7.12 Å². The largest absolute Gasteiger partial charge is 0.497 e. The second-order valence-corrected chi connectivity index (χ2v) is 8.03. The van der Waals surface area contributed by atoms with Crippen LogP contribution in [0.1, 0.15) is 39.5 Å². The van der Waals surface area contributed by atoms with Gasteiger partial charge in [0.1, 0.15) is 5.75 Å². The van der Waals surface area contributed by atoms with E-state index in [-0.39, 0.29) is 18.7 Å². The van der Waals surface area contributed by atoms with E-state index in [1.165, 1.54) is 13.3 Å². The molecule has 34 heavy (non-hydrogen) atoms. The summed E-state index contributed by atoms with van der Waals surface area (Å²) in [7, 11) is -0.210. The van der Waals surface area contributed by atoms with Crippen molar-refractivity contribution >= 4 is 18.9 Å². The average Bonchev–Trinajstić information content (AvgIpc) is 2.85. The van der Waals surface area contributed by atoms with Crippen LogP contribution in [0.5, 0.6) is 5.75 Å². The molecule has 9 heteroatoms. The van der Waals surface area contributed by atoms with Crippen molar-refractivity contribution in [3.8, 4) is 5.75 Å². The van der Waals surface area contributed by atoms with E-state index in [9.17, 15) is 19.6 Å². The summed E-state index contributed by atoms with van der Waals surface area (Å²) in [6.07, 6.45) is 3.14. The van der Waals surface area contributed by atoms with E-state index >= 15 is 0 Å². The highest BCUT2D eigenvalue weighted by molar-refractivity contribution is 6.43. The fourth-order valence-corrected chi connectivity index (χ4v) is 3.51. The third-order valence-corrected chi connectivity index (χ3v) is 5.40. The van der Waals surface area contributed by atoms with Gasteiger partial charge in [-0.2, -0.15) is 0 Å². The third-order valence-electron chi connectivity index (χ3n) is 5.40. The van der Waals surface area contributed by atoms with Crippen LogP contribution in [0.25, 0.3) is 0 Å². The zero-order valence-corrected chi connectivity index (χ0v) is 19.1. The minimum Gasteiger partial charge on any atom is -0.497 e. The monoisotopic (exact) mass is 461 g/mol. The summed E-state index contributed by atoms with van der Waals surface area (Å²) in [4.78, 5) is 29.7. The molecule has 1 aromatic heterocycles. The van der Waals surface area contributed by atoms with E-state index < -0.39 is 25.0 Å². The second kappa shape index (κ2) is 12.0. The first kappa shape index (κ1) is 24.9. The SMILES string of the molecule is COc1cccc(C(CC(=O)N[C@@H](Cc2ccc(C)cc2)B(O)O)NC(=O)c2cccnc2)c1. The van der Waals surface area contributed by atoms with Gasteiger partial charge in [-0.05, 0) is 48.7 Å². The number of benzene rings is 2. The molecular weight excluding hydrogens is 433 g/mol. The second-order valence-electron chi connectivity index (χ2n) is 8.03. The van der Waals surface area contributed by atoms with E-state index in [4.69, 9.17) is 4.74 Å². The van der Waals surface area contributed by atoms with Crippen LogP contribution in [0.15, 0.2) is 73.1 Å². The molecule has 0 saturated heterocycles. The molecule has 0 aliphatic carbocycles. The van der Waals surface area contributed by atoms with E-state index in [1.807, 2.05) is 31.2 Å². The van der Waals surface area contributed by atoms with Gasteiger partial charge in [0.15, 0.2) is 0 Å². The van der Waals surface area contributed by atoms with E-state index in [0.29, 0.717) is 16.9 Å². The minimum atomic E-state index is -1.74. The molecule has 2 amide bonds. The first-order valence-electron chi connectivity index (χ1n) is 10.9. The van der Waals surface area contributed by atoms with Gasteiger partial charge in [-0.15, -0.1) is 0 Å². The Morgan fingerprint density at radius 2 is 1.82 bits per heavy atom. The van der Waals surface area contributed by atoms with Crippen LogP contribution in [-0.4, -0.2) is 47.0 Å². The zero-order chi connectivity index (χ0) is 24.5. The molecule has 0 spiro atoms. The summed E-state index contributed by atoms with van der Waals surface area (Å²) in [6.45, 7) is 1.96. The summed E-state index contributed by atoms with van der Waals surface area (Å²) in [5, 5.41) is 25.2. The van der Waals surface area contributed by atoms with Crippen molar-refractivity contribution in [2.24, 2.45) is 0 Å². The molecule has 1 unspecified atom stereocenters. The summed E-state index contributed by atoms with van der Waals surface area (Å²) < 4.78 is 5.28. The van der Waals surface area contributed by atoms with Crippen LogP contribution < -0.4 is 15.4 Å². The Balaban J connectivity index is 1.76. The molecular formula is C25H28BN3O5. The Kier molecular flexibility index (Phi) is 8.78. The van der Waals surface area contributed by atoms with Crippen molar-refractivity contribution in [1.29, 1.82) is 0 Å². The number of carbonyl (C=O) groups is 2. The van der Waals surface area contributed by atoms with Gasteiger partial charge in [-0.1, -0.05) is 42.0 Å². The molecule has 0 aliphatic heterocycles. The average molecular weight is 461 g/mol. The van der Waals surface area contributed by atoms with Gasteiger partial charge < -0.3 is 25.4 Å². The lowest BCUT2D eigenvalue weighted by Gasteiger charge is -2.22. The summed E-state index contributed by atoms with van der Waals surface area (Å²) in [5.41, 5.74) is 2.97. The van der Waals surface area contributed by atoms with E-state index in [1.54, 1.807) is 42.6 Å². The predicted octanol–water partition coefficient (Wildman–Crippen LogP) is 2.00. The fraction of sp³-hybridized carbons (Fsp3) is 0.240. The van der Waals surface area contributed by atoms with Crippen molar-refractivity contribution in [2.75, 3.05) is 7.11 Å². The van der Waals surface area contributed by atoms with Crippen LogP contribution in [-0.2, 0) is 11.2 Å². The van der Waals surface area contributed by atoms with Crippen molar-refractivity contribution in [2.45, 2.75) is 31.7 Å². The number of pyridine rings is 1. The van der Waals surface area contributed by atoms with Crippen LogP contribution >= 0.6 is 0 Å². The number of nitrogens with one attached hydrogen (secondary N) is 2. The number of aromatic nitrogens is 1. The molecule has 0 bridgehead atoms.